The van der Waals surface area contributed by atoms with Crippen LogP contribution in [0.5, 0.6) is 0 Å². The largest absolute Gasteiger partial charge is 0.366 e. The fourth-order valence-corrected chi connectivity index (χ4v) is 2.77. The predicted octanol–water partition coefficient (Wildman–Crippen LogP) is 2.70. The van der Waals surface area contributed by atoms with Crippen LogP contribution in [0.15, 0.2) is 53.1 Å². The highest BCUT2D eigenvalue weighted by molar-refractivity contribution is 6.07. The molecule has 3 N–H and O–H groups in total. The first-order valence-electron chi connectivity index (χ1n) is 8.31. The highest BCUT2D eigenvalue weighted by Crippen LogP contribution is 2.28. The number of aryl methyl sites for hydroxylation is 1. The third-order valence-electron chi connectivity index (χ3n) is 4.02. The van der Waals surface area contributed by atoms with E-state index in [0.717, 1.165) is 5.56 Å². The molecule has 0 saturated heterocycles. The van der Waals surface area contributed by atoms with Crippen LogP contribution in [-0.4, -0.2) is 26.0 Å². The summed E-state index contributed by atoms with van der Waals surface area (Å²) in [4.78, 5) is 24.7. The molecule has 0 spiro atoms. The Labute approximate surface area is 154 Å². The summed E-state index contributed by atoms with van der Waals surface area (Å²) in [6.45, 7) is 2.35. The number of carbonyl (C=O) groups is 1. The van der Waals surface area contributed by atoms with Crippen LogP contribution < -0.4 is 11.1 Å². The van der Waals surface area contributed by atoms with Gasteiger partial charge in [0, 0.05) is 6.54 Å². The number of fused-ring (bicyclic) bond motifs is 1. The van der Waals surface area contributed by atoms with E-state index in [4.69, 9.17) is 10.3 Å². The average molecular weight is 360 g/mol. The molecule has 2 aromatic heterocycles. The molecule has 27 heavy (non-hydrogen) atoms. The number of anilines is 1. The summed E-state index contributed by atoms with van der Waals surface area (Å²) in [7, 11) is 0. The van der Waals surface area contributed by atoms with Crippen molar-refractivity contribution in [2.24, 2.45) is 5.73 Å². The molecule has 0 saturated carbocycles. The second-order valence-electron chi connectivity index (χ2n) is 5.95. The topological polar surface area (TPSA) is 120 Å². The third-order valence-corrected chi connectivity index (χ3v) is 4.02. The van der Waals surface area contributed by atoms with E-state index in [2.05, 4.69) is 25.4 Å². The standard InChI is InChI=1S/C19H16N6O2/c1-11-22-18(24-19(23-11)21-10-12-6-3-2-4-7-12)16-13-8-5-9-14(17(20)26)15(13)25-27-16/h2-9H,10H2,1H3,(H2,20,26)(H,21,22,23,24). The van der Waals surface area contributed by atoms with Crippen molar-refractivity contribution in [3.63, 3.8) is 0 Å². The minimum atomic E-state index is -0.572. The van der Waals surface area contributed by atoms with E-state index in [1.807, 2.05) is 30.3 Å². The Morgan fingerprint density at radius 1 is 1.07 bits per heavy atom. The molecule has 8 nitrogen and oxygen atoms in total. The van der Waals surface area contributed by atoms with Crippen LogP contribution >= 0.6 is 0 Å². The Balaban J connectivity index is 1.70. The molecule has 0 aliphatic heterocycles. The van der Waals surface area contributed by atoms with E-state index in [1.54, 1.807) is 25.1 Å². The van der Waals surface area contributed by atoms with E-state index in [0.29, 0.717) is 40.8 Å². The second-order valence-corrected chi connectivity index (χ2v) is 5.95. The van der Waals surface area contributed by atoms with Gasteiger partial charge in [0.2, 0.25) is 17.5 Å². The van der Waals surface area contributed by atoms with Gasteiger partial charge in [-0.05, 0) is 24.6 Å². The summed E-state index contributed by atoms with van der Waals surface area (Å²) in [6, 6.07) is 15.0. The third kappa shape index (κ3) is 3.32. The van der Waals surface area contributed by atoms with E-state index in [1.165, 1.54) is 0 Å². The number of nitrogens with one attached hydrogen (secondary N) is 1. The molecule has 0 bridgehead atoms. The molecule has 0 fully saturated rings. The first-order valence-corrected chi connectivity index (χ1v) is 8.31. The number of amides is 1. The first kappa shape index (κ1) is 16.6. The van der Waals surface area contributed by atoms with Gasteiger partial charge in [-0.25, -0.2) is 4.98 Å². The van der Waals surface area contributed by atoms with Crippen molar-refractivity contribution in [2.75, 3.05) is 5.32 Å². The SMILES string of the molecule is Cc1nc(NCc2ccccc2)nc(-c2onc3c(C(N)=O)cccc23)n1. The Bertz CT molecular complexity index is 1120. The molecule has 4 aromatic rings. The van der Waals surface area contributed by atoms with Crippen LogP contribution in [-0.2, 0) is 6.54 Å². The average Bonchev–Trinajstić information content (AvgIpc) is 3.11. The first-order chi connectivity index (χ1) is 13.1. The van der Waals surface area contributed by atoms with Gasteiger partial charge in [0.05, 0.1) is 10.9 Å². The van der Waals surface area contributed by atoms with Crippen LogP contribution in [0.4, 0.5) is 5.95 Å². The van der Waals surface area contributed by atoms with Crippen molar-refractivity contribution in [3.05, 3.63) is 65.5 Å². The lowest BCUT2D eigenvalue weighted by atomic mass is 10.1. The fraction of sp³-hybridized carbons (Fsp3) is 0.105. The zero-order chi connectivity index (χ0) is 18.8. The molecular formula is C19H16N6O2. The summed E-state index contributed by atoms with van der Waals surface area (Å²) in [5.41, 5.74) is 7.18. The molecule has 0 aliphatic carbocycles. The van der Waals surface area contributed by atoms with Crippen molar-refractivity contribution >= 4 is 22.8 Å². The maximum Gasteiger partial charge on any atom is 0.251 e. The smallest absolute Gasteiger partial charge is 0.251 e. The van der Waals surface area contributed by atoms with Crippen LogP contribution in [0.3, 0.4) is 0 Å². The zero-order valence-electron chi connectivity index (χ0n) is 14.5. The van der Waals surface area contributed by atoms with E-state index >= 15 is 0 Å². The van der Waals surface area contributed by atoms with Gasteiger partial charge < -0.3 is 15.6 Å². The number of carbonyl (C=O) groups excluding carboxylic acids is 1. The number of benzene rings is 2. The lowest BCUT2D eigenvalue weighted by molar-refractivity contribution is 0.100. The summed E-state index contributed by atoms with van der Waals surface area (Å²) in [6.07, 6.45) is 0. The molecule has 1 amide bonds. The van der Waals surface area contributed by atoms with Gasteiger partial charge in [-0.15, -0.1) is 0 Å². The number of hydrogen-bond acceptors (Lipinski definition) is 7. The monoisotopic (exact) mass is 360 g/mol. The molecule has 0 atom stereocenters. The van der Waals surface area contributed by atoms with Gasteiger partial charge in [-0.3, -0.25) is 4.79 Å². The molecule has 0 aliphatic rings. The molecule has 8 heteroatoms. The van der Waals surface area contributed by atoms with Gasteiger partial charge in [0.1, 0.15) is 11.3 Å². The van der Waals surface area contributed by atoms with Crippen molar-refractivity contribution in [2.45, 2.75) is 13.5 Å². The van der Waals surface area contributed by atoms with Crippen molar-refractivity contribution in [3.8, 4) is 11.6 Å². The Morgan fingerprint density at radius 2 is 1.89 bits per heavy atom. The lowest BCUT2D eigenvalue weighted by Gasteiger charge is -2.06. The van der Waals surface area contributed by atoms with Gasteiger partial charge in [-0.2, -0.15) is 9.97 Å². The van der Waals surface area contributed by atoms with Crippen molar-refractivity contribution in [1.82, 2.24) is 20.1 Å². The lowest BCUT2D eigenvalue weighted by Crippen LogP contribution is -2.11. The number of hydrogen-bond donors (Lipinski definition) is 2. The highest BCUT2D eigenvalue weighted by atomic mass is 16.5. The number of nitrogens with zero attached hydrogens (tertiary/aromatic N) is 4. The van der Waals surface area contributed by atoms with Gasteiger partial charge >= 0.3 is 0 Å². The molecular weight excluding hydrogens is 344 g/mol. The molecule has 2 heterocycles. The summed E-state index contributed by atoms with van der Waals surface area (Å²) in [5, 5.41) is 7.77. The van der Waals surface area contributed by atoms with Crippen LogP contribution in [0.1, 0.15) is 21.7 Å². The number of rotatable bonds is 5. The van der Waals surface area contributed by atoms with Crippen molar-refractivity contribution in [1.29, 1.82) is 0 Å². The van der Waals surface area contributed by atoms with Gasteiger partial charge in [0.15, 0.2) is 0 Å². The second kappa shape index (κ2) is 6.83. The number of nitrogens with two attached hydrogens (primary N) is 1. The van der Waals surface area contributed by atoms with Gasteiger partial charge in [0.25, 0.3) is 5.91 Å². The molecule has 0 unspecified atom stereocenters. The predicted molar refractivity (Wildman–Crippen MR) is 99.9 cm³/mol. The van der Waals surface area contributed by atoms with Gasteiger partial charge in [-0.1, -0.05) is 41.6 Å². The molecule has 0 radical (unpaired) electrons. The van der Waals surface area contributed by atoms with Crippen LogP contribution in [0.2, 0.25) is 0 Å². The molecule has 2 aromatic carbocycles. The summed E-state index contributed by atoms with van der Waals surface area (Å²) in [5.74, 6) is 1.09. The highest BCUT2D eigenvalue weighted by Gasteiger charge is 2.19. The maximum absolute atomic E-state index is 11.6. The van der Waals surface area contributed by atoms with E-state index in [-0.39, 0.29) is 5.56 Å². The fourth-order valence-electron chi connectivity index (χ4n) is 2.77. The number of aromatic nitrogens is 4. The van der Waals surface area contributed by atoms with E-state index in [9.17, 15) is 4.79 Å². The molecule has 134 valence electrons. The summed E-state index contributed by atoms with van der Waals surface area (Å²) < 4.78 is 5.43. The quantitative estimate of drug-likeness (QED) is 0.561. The minimum absolute atomic E-state index is 0.288. The Kier molecular flexibility index (Phi) is 4.21. The van der Waals surface area contributed by atoms with Crippen molar-refractivity contribution < 1.29 is 9.32 Å². The molecule has 4 rings (SSSR count). The van der Waals surface area contributed by atoms with Crippen LogP contribution in [0.25, 0.3) is 22.5 Å². The van der Waals surface area contributed by atoms with E-state index < -0.39 is 5.91 Å². The Hall–Kier alpha value is -3.81. The summed E-state index contributed by atoms with van der Waals surface area (Å²) >= 11 is 0. The normalized spacial score (nSPS) is 10.9. The number of primary amides is 1. The zero-order valence-corrected chi connectivity index (χ0v) is 14.5. The minimum Gasteiger partial charge on any atom is -0.366 e. The van der Waals surface area contributed by atoms with Crippen LogP contribution in [0, 0.1) is 6.92 Å². The maximum atomic E-state index is 11.6. The Morgan fingerprint density at radius 3 is 2.67 bits per heavy atom.